The number of fused-ring (bicyclic) bond motifs is 1. The van der Waals surface area contributed by atoms with Gasteiger partial charge in [0, 0.05) is 12.3 Å². The van der Waals surface area contributed by atoms with Gasteiger partial charge in [0.25, 0.3) is 5.56 Å². The van der Waals surface area contributed by atoms with Crippen LogP contribution < -0.4 is 5.56 Å². The van der Waals surface area contributed by atoms with Gasteiger partial charge in [0.2, 0.25) is 0 Å². The van der Waals surface area contributed by atoms with E-state index in [2.05, 4.69) is 4.98 Å². The lowest BCUT2D eigenvalue weighted by Crippen LogP contribution is -2.26. The fourth-order valence-corrected chi connectivity index (χ4v) is 2.81. The zero-order valence-electron chi connectivity index (χ0n) is 10.4. The summed E-state index contributed by atoms with van der Waals surface area (Å²) in [6.07, 6.45) is 0. The Morgan fingerprint density at radius 1 is 1.32 bits per heavy atom. The molecule has 0 saturated heterocycles. The first-order chi connectivity index (χ1) is 8.94. The highest BCUT2D eigenvalue weighted by Crippen LogP contribution is 2.06. The summed E-state index contributed by atoms with van der Waals surface area (Å²) in [5.74, 6) is -0.0228. The van der Waals surface area contributed by atoms with E-state index in [1.165, 1.54) is 4.57 Å². The van der Waals surface area contributed by atoms with Crippen molar-refractivity contribution in [2.24, 2.45) is 0 Å². The van der Waals surface area contributed by atoms with Crippen LogP contribution in [-0.4, -0.2) is 29.5 Å². The molecular formula is C12H14N2O3S2. The van der Waals surface area contributed by atoms with Crippen molar-refractivity contribution < 1.29 is 8.42 Å². The van der Waals surface area contributed by atoms with E-state index in [0.29, 0.717) is 10.9 Å². The van der Waals surface area contributed by atoms with Crippen molar-refractivity contribution >= 4 is 33.0 Å². The maximum absolute atomic E-state index is 12.2. The molecule has 0 aliphatic heterocycles. The summed E-state index contributed by atoms with van der Waals surface area (Å²) >= 11 is 5.10. The molecule has 102 valence electrons. The monoisotopic (exact) mass is 298 g/mol. The number of benzene rings is 1. The summed E-state index contributed by atoms with van der Waals surface area (Å²) in [5.41, 5.74) is 0.401. The molecule has 1 N–H and O–H groups in total. The number of aromatic nitrogens is 2. The molecule has 7 heteroatoms. The average Bonchev–Trinajstić information content (AvgIpc) is 2.38. The summed E-state index contributed by atoms with van der Waals surface area (Å²) in [5, 5.41) is 0.505. The minimum Gasteiger partial charge on any atom is -0.332 e. The van der Waals surface area contributed by atoms with Gasteiger partial charge in [0.05, 0.1) is 16.7 Å². The number of rotatable bonds is 4. The summed E-state index contributed by atoms with van der Waals surface area (Å²) in [6, 6.07) is 7.01. The molecule has 0 fully saturated rings. The van der Waals surface area contributed by atoms with Crippen molar-refractivity contribution in [3.05, 3.63) is 39.4 Å². The molecule has 0 unspecified atom stereocenters. The second kappa shape index (κ2) is 5.26. The van der Waals surface area contributed by atoms with Crippen LogP contribution in [0.2, 0.25) is 0 Å². The molecule has 0 bridgehead atoms. The molecule has 19 heavy (non-hydrogen) atoms. The van der Waals surface area contributed by atoms with E-state index in [9.17, 15) is 13.2 Å². The van der Waals surface area contributed by atoms with E-state index in [4.69, 9.17) is 12.2 Å². The molecule has 0 saturated carbocycles. The normalized spacial score (nSPS) is 11.8. The van der Waals surface area contributed by atoms with Crippen LogP contribution in [0.4, 0.5) is 0 Å². The largest absolute Gasteiger partial charge is 0.332 e. The lowest BCUT2D eigenvalue weighted by molar-refractivity contribution is 0.587. The summed E-state index contributed by atoms with van der Waals surface area (Å²) in [6.45, 7) is 1.66. The molecule has 5 nitrogen and oxygen atoms in total. The third-order valence-corrected chi connectivity index (χ3v) is 4.96. The zero-order valence-corrected chi connectivity index (χ0v) is 12.1. The molecule has 0 aliphatic carbocycles. The molecule has 0 atom stereocenters. The number of hydrogen-bond acceptors (Lipinski definition) is 4. The van der Waals surface area contributed by atoms with Crippen LogP contribution in [0.25, 0.3) is 10.9 Å². The molecule has 0 radical (unpaired) electrons. The van der Waals surface area contributed by atoms with E-state index in [1.807, 2.05) is 0 Å². The summed E-state index contributed by atoms with van der Waals surface area (Å²) in [4.78, 5) is 15.2. The fraction of sp³-hybridized carbons (Fsp3) is 0.333. The van der Waals surface area contributed by atoms with Gasteiger partial charge in [0.1, 0.15) is 0 Å². The molecule has 2 rings (SSSR count). The maximum Gasteiger partial charge on any atom is 0.262 e. The Bertz CT molecular complexity index is 819. The Labute approximate surface area is 115 Å². The summed E-state index contributed by atoms with van der Waals surface area (Å²) < 4.78 is 24.5. The second-order valence-corrected chi connectivity index (χ2v) is 7.03. The number of aromatic amines is 1. The van der Waals surface area contributed by atoms with E-state index in [-0.39, 0.29) is 28.4 Å². The molecule has 0 spiro atoms. The van der Waals surface area contributed by atoms with Crippen LogP contribution in [0, 0.1) is 4.77 Å². The smallest absolute Gasteiger partial charge is 0.262 e. The standard InChI is InChI=1S/C12H14N2O3S2/c1-2-19(16,17)8-7-14-11(15)9-5-3-4-6-10(9)13-12(14)18/h3-6H,2,7-8H2,1H3,(H,13,18). The van der Waals surface area contributed by atoms with Crippen molar-refractivity contribution in [3.63, 3.8) is 0 Å². The molecule has 0 amide bonds. The van der Waals surface area contributed by atoms with Crippen LogP contribution in [0.3, 0.4) is 0 Å². The zero-order chi connectivity index (χ0) is 14.0. The van der Waals surface area contributed by atoms with Gasteiger partial charge >= 0.3 is 0 Å². The first-order valence-electron chi connectivity index (χ1n) is 5.87. The topological polar surface area (TPSA) is 71.9 Å². The minimum atomic E-state index is -3.12. The van der Waals surface area contributed by atoms with Gasteiger partial charge < -0.3 is 4.98 Å². The number of nitrogens with zero attached hydrogens (tertiary/aromatic N) is 1. The highest BCUT2D eigenvalue weighted by atomic mass is 32.2. The quantitative estimate of drug-likeness (QED) is 0.868. The Hall–Kier alpha value is -1.47. The van der Waals surface area contributed by atoms with Gasteiger partial charge in [-0.1, -0.05) is 19.1 Å². The van der Waals surface area contributed by atoms with Gasteiger partial charge in [-0.3, -0.25) is 9.36 Å². The van der Waals surface area contributed by atoms with Crippen molar-refractivity contribution in [3.8, 4) is 0 Å². The van der Waals surface area contributed by atoms with Crippen LogP contribution in [0.15, 0.2) is 29.1 Å². The first-order valence-corrected chi connectivity index (χ1v) is 8.10. The molecular weight excluding hydrogens is 284 g/mol. The second-order valence-electron chi connectivity index (χ2n) is 4.17. The third-order valence-electron chi connectivity index (χ3n) is 2.96. The predicted octanol–water partition coefficient (Wildman–Crippen LogP) is 1.49. The van der Waals surface area contributed by atoms with Crippen molar-refractivity contribution in [2.75, 3.05) is 11.5 Å². The lowest BCUT2D eigenvalue weighted by atomic mass is 10.2. The highest BCUT2D eigenvalue weighted by molar-refractivity contribution is 7.91. The molecule has 2 aromatic rings. The van der Waals surface area contributed by atoms with Gasteiger partial charge in [-0.05, 0) is 24.4 Å². The van der Waals surface area contributed by atoms with Gasteiger partial charge in [-0.25, -0.2) is 8.42 Å². The van der Waals surface area contributed by atoms with Crippen molar-refractivity contribution in [1.29, 1.82) is 0 Å². The number of sulfone groups is 1. The van der Waals surface area contributed by atoms with E-state index < -0.39 is 9.84 Å². The molecule has 1 aromatic carbocycles. The number of nitrogens with one attached hydrogen (secondary N) is 1. The van der Waals surface area contributed by atoms with Crippen LogP contribution in [-0.2, 0) is 16.4 Å². The molecule has 1 heterocycles. The SMILES string of the molecule is CCS(=O)(=O)CCn1c(=S)[nH]c2ccccc2c1=O. The van der Waals surface area contributed by atoms with E-state index >= 15 is 0 Å². The van der Waals surface area contributed by atoms with Crippen LogP contribution >= 0.6 is 12.2 Å². The number of hydrogen-bond donors (Lipinski definition) is 1. The first kappa shape index (κ1) is 14.0. The van der Waals surface area contributed by atoms with Crippen molar-refractivity contribution in [1.82, 2.24) is 9.55 Å². The van der Waals surface area contributed by atoms with E-state index in [0.717, 1.165) is 0 Å². The minimum absolute atomic E-state index is 0.0613. The molecule has 1 aromatic heterocycles. The number of H-pyrrole nitrogens is 1. The Balaban J connectivity index is 2.50. The molecule has 0 aliphatic rings. The van der Waals surface area contributed by atoms with Crippen LogP contribution in [0.1, 0.15) is 6.92 Å². The number of para-hydroxylation sites is 1. The highest BCUT2D eigenvalue weighted by Gasteiger charge is 2.10. The van der Waals surface area contributed by atoms with Crippen molar-refractivity contribution in [2.45, 2.75) is 13.5 Å². The van der Waals surface area contributed by atoms with E-state index in [1.54, 1.807) is 31.2 Å². The van der Waals surface area contributed by atoms with Crippen LogP contribution in [0.5, 0.6) is 0 Å². The van der Waals surface area contributed by atoms with Gasteiger partial charge in [-0.2, -0.15) is 0 Å². The maximum atomic E-state index is 12.2. The van der Waals surface area contributed by atoms with Gasteiger partial charge in [0.15, 0.2) is 14.6 Å². The average molecular weight is 298 g/mol. The van der Waals surface area contributed by atoms with Gasteiger partial charge in [-0.15, -0.1) is 0 Å². The predicted molar refractivity (Wildman–Crippen MR) is 77.7 cm³/mol. The Kier molecular flexibility index (Phi) is 3.86. The fourth-order valence-electron chi connectivity index (χ4n) is 1.78. The third kappa shape index (κ3) is 2.93. The lowest BCUT2D eigenvalue weighted by Gasteiger charge is -2.07. The Morgan fingerprint density at radius 3 is 2.68 bits per heavy atom. The summed E-state index contributed by atoms with van der Waals surface area (Å²) in [7, 11) is -3.12. The Morgan fingerprint density at radius 2 is 2.00 bits per heavy atom.